The zero-order valence-electron chi connectivity index (χ0n) is 20.2. The van der Waals surface area contributed by atoms with E-state index in [0.717, 1.165) is 20.3 Å². The number of carbonyl (C=O) groups excluding carboxylic acids is 2. The monoisotopic (exact) mass is 613 g/mol. The van der Waals surface area contributed by atoms with E-state index in [4.69, 9.17) is 9.47 Å². The van der Waals surface area contributed by atoms with E-state index in [9.17, 15) is 19.7 Å². The molecule has 10 heteroatoms. The lowest BCUT2D eigenvalue weighted by atomic mass is 10.1. The van der Waals surface area contributed by atoms with E-state index in [1.54, 1.807) is 24.3 Å². The van der Waals surface area contributed by atoms with Crippen LogP contribution in [0.15, 0.2) is 66.4 Å². The average Bonchev–Trinajstić information content (AvgIpc) is 3.11. The molecule has 4 rings (SSSR count). The van der Waals surface area contributed by atoms with Gasteiger partial charge in [0.2, 0.25) is 0 Å². The Hall–Kier alpha value is -3.93. The molecule has 1 heterocycles. The standard InChI is InChI=1S/C27H24IN3O6/c1-3-36-24-14-20(12-22(28)25(24)37-16-18-7-9-21(10-8-18)31(34)35)13-23-26(32)30(27(33)29-23)15-19-6-4-5-17(2)11-19/h4-14H,3,15-16H2,1-2H3,(H,29,33)/b23-13+. The number of nitrogens with zero attached hydrogens (tertiary/aromatic N) is 2. The normalized spacial score (nSPS) is 14.1. The van der Waals surface area contributed by atoms with Crippen molar-refractivity contribution in [3.63, 3.8) is 0 Å². The molecule has 1 fully saturated rings. The van der Waals surface area contributed by atoms with Crippen molar-refractivity contribution in [1.29, 1.82) is 0 Å². The molecule has 0 unspecified atom stereocenters. The summed E-state index contributed by atoms with van der Waals surface area (Å²) in [6, 6.07) is 16.9. The van der Waals surface area contributed by atoms with Gasteiger partial charge in [-0.2, -0.15) is 0 Å². The molecule has 0 aliphatic carbocycles. The number of hydrogen-bond donors (Lipinski definition) is 1. The third-order valence-electron chi connectivity index (χ3n) is 5.56. The number of nitrogens with one attached hydrogen (secondary N) is 1. The molecular formula is C27H24IN3O6. The van der Waals surface area contributed by atoms with E-state index in [2.05, 4.69) is 27.9 Å². The largest absolute Gasteiger partial charge is 0.490 e. The number of hydrogen-bond acceptors (Lipinski definition) is 6. The Morgan fingerprint density at radius 2 is 1.81 bits per heavy atom. The molecule has 9 nitrogen and oxygen atoms in total. The fraction of sp³-hybridized carbons (Fsp3) is 0.185. The molecule has 1 aliphatic heterocycles. The van der Waals surface area contributed by atoms with E-state index in [0.29, 0.717) is 23.7 Å². The quantitative estimate of drug-likeness (QED) is 0.111. The van der Waals surface area contributed by atoms with Crippen LogP contribution in [0.3, 0.4) is 0 Å². The number of ether oxygens (including phenoxy) is 2. The van der Waals surface area contributed by atoms with Crippen LogP contribution in [0.4, 0.5) is 10.5 Å². The molecule has 3 aromatic carbocycles. The predicted molar refractivity (Wildman–Crippen MR) is 146 cm³/mol. The van der Waals surface area contributed by atoms with Crippen molar-refractivity contribution < 1.29 is 24.0 Å². The lowest BCUT2D eigenvalue weighted by Crippen LogP contribution is -2.30. The number of benzene rings is 3. The van der Waals surface area contributed by atoms with Crippen molar-refractivity contribution >= 4 is 46.3 Å². The molecule has 0 bridgehead atoms. The zero-order valence-corrected chi connectivity index (χ0v) is 22.4. The SMILES string of the molecule is CCOc1cc(/C=C2/NC(=O)N(Cc3cccc(C)c3)C2=O)cc(I)c1OCc1ccc([N+](=O)[O-])cc1. The summed E-state index contributed by atoms with van der Waals surface area (Å²) in [4.78, 5) is 37.1. The number of nitro benzene ring substituents is 1. The Morgan fingerprint density at radius 1 is 1.05 bits per heavy atom. The molecule has 0 aromatic heterocycles. The number of carbonyl (C=O) groups is 2. The third-order valence-corrected chi connectivity index (χ3v) is 6.36. The van der Waals surface area contributed by atoms with Gasteiger partial charge in [0.25, 0.3) is 11.6 Å². The van der Waals surface area contributed by atoms with Crippen LogP contribution < -0.4 is 14.8 Å². The van der Waals surface area contributed by atoms with Crippen molar-refractivity contribution in [1.82, 2.24) is 10.2 Å². The highest BCUT2D eigenvalue weighted by molar-refractivity contribution is 14.1. The maximum Gasteiger partial charge on any atom is 0.329 e. The van der Waals surface area contributed by atoms with E-state index >= 15 is 0 Å². The smallest absolute Gasteiger partial charge is 0.329 e. The fourth-order valence-corrected chi connectivity index (χ4v) is 4.60. The van der Waals surface area contributed by atoms with Gasteiger partial charge in [-0.1, -0.05) is 29.8 Å². The molecule has 1 saturated heterocycles. The number of imide groups is 1. The van der Waals surface area contributed by atoms with Gasteiger partial charge in [0.15, 0.2) is 11.5 Å². The van der Waals surface area contributed by atoms with E-state index in [1.807, 2.05) is 44.2 Å². The third kappa shape index (κ3) is 6.26. The molecule has 190 valence electrons. The lowest BCUT2D eigenvalue weighted by Gasteiger charge is -2.15. The zero-order chi connectivity index (χ0) is 26.5. The highest BCUT2D eigenvalue weighted by Crippen LogP contribution is 2.36. The Morgan fingerprint density at radius 3 is 2.49 bits per heavy atom. The van der Waals surface area contributed by atoms with Crippen LogP contribution in [0, 0.1) is 20.6 Å². The van der Waals surface area contributed by atoms with Crippen molar-refractivity contribution in [3.05, 3.63) is 102 Å². The van der Waals surface area contributed by atoms with Gasteiger partial charge in [-0.05, 0) is 83.5 Å². The Bertz CT molecular complexity index is 1390. The van der Waals surface area contributed by atoms with Crippen LogP contribution in [-0.2, 0) is 17.9 Å². The number of rotatable bonds is 9. The second-order valence-electron chi connectivity index (χ2n) is 8.34. The van der Waals surface area contributed by atoms with E-state index < -0.39 is 16.9 Å². The Balaban J connectivity index is 1.53. The number of nitro groups is 1. The molecule has 3 amide bonds. The first-order valence-corrected chi connectivity index (χ1v) is 12.6. The first-order chi connectivity index (χ1) is 17.7. The number of non-ortho nitro benzene ring substituents is 1. The number of urea groups is 1. The molecule has 0 atom stereocenters. The van der Waals surface area contributed by atoms with Crippen molar-refractivity contribution in [2.24, 2.45) is 0 Å². The van der Waals surface area contributed by atoms with Crippen LogP contribution in [0.1, 0.15) is 29.2 Å². The summed E-state index contributed by atoms with van der Waals surface area (Å²) in [5.41, 5.74) is 3.54. The highest BCUT2D eigenvalue weighted by Gasteiger charge is 2.33. The Kier molecular flexibility index (Phi) is 8.07. The first kappa shape index (κ1) is 26.1. The molecule has 3 aromatic rings. The topological polar surface area (TPSA) is 111 Å². The van der Waals surface area contributed by atoms with Crippen LogP contribution in [-0.4, -0.2) is 28.4 Å². The lowest BCUT2D eigenvalue weighted by molar-refractivity contribution is -0.384. The minimum atomic E-state index is -0.472. The molecule has 37 heavy (non-hydrogen) atoms. The number of aryl methyl sites for hydroxylation is 1. The van der Waals surface area contributed by atoms with Gasteiger partial charge in [-0.3, -0.25) is 19.8 Å². The van der Waals surface area contributed by atoms with E-state index in [1.165, 1.54) is 17.0 Å². The van der Waals surface area contributed by atoms with Gasteiger partial charge in [0.1, 0.15) is 12.3 Å². The van der Waals surface area contributed by atoms with Gasteiger partial charge in [-0.15, -0.1) is 0 Å². The van der Waals surface area contributed by atoms with Gasteiger partial charge in [-0.25, -0.2) is 4.79 Å². The maximum absolute atomic E-state index is 13.0. The predicted octanol–water partition coefficient (Wildman–Crippen LogP) is 5.58. The molecular weight excluding hydrogens is 589 g/mol. The Labute approximate surface area is 227 Å². The van der Waals surface area contributed by atoms with Crippen LogP contribution in [0.5, 0.6) is 11.5 Å². The minimum Gasteiger partial charge on any atom is -0.490 e. The summed E-state index contributed by atoms with van der Waals surface area (Å²) in [5.74, 6) is 0.598. The summed E-state index contributed by atoms with van der Waals surface area (Å²) in [7, 11) is 0. The highest BCUT2D eigenvalue weighted by atomic mass is 127. The molecule has 1 N–H and O–H groups in total. The number of halogens is 1. The molecule has 0 saturated carbocycles. The summed E-state index contributed by atoms with van der Waals surface area (Å²) in [5, 5.41) is 13.5. The van der Waals surface area contributed by atoms with Crippen LogP contribution >= 0.6 is 22.6 Å². The van der Waals surface area contributed by atoms with Gasteiger partial charge in [0.05, 0.1) is 21.6 Å². The summed E-state index contributed by atoms with van der Waals surface area (Å²) in [6.45, 7) is 4.57. The summed E-state index contributed by atoms with van der Waals surface area (Å²) in [6.07, 6.45) is 1.61. The van der Waals surface area contributed by atoms with Gasteiger partial charge >= 0.3 is 6.03 Å². The van der Waals surface area contributed by atoms with Gasteiger partial charge in [0, 0.05) is 12.1 Å². The fourth-order valence-electron chi connectivity index (χ4n) is 3.82. The second kappa shape index (κ2) is 11.4. The molecule has 0 spiro atoms. The maximum atomic E-state index is 13.0. The molecule has 1 aliphatic rings. The van der Waals surface area contributed by atoms with Crippen molar-refractivity contribution in [2.75, 3.05) is 6.61 Å². The van der Waals surface area contributed by atoms with E-state index in [-0.39, 0.29) is 24.5 Å². The summed E-state index contributed by atoms with van der Waals surface area (Å²) < 4.78 is 12.5. The number of amides is 3. The molecule has 0 radical (unpaired) electrons. The van der Waals surface area contributed by atoms with Crippen LogP contribution in [0.2, 0.25) is 0 Å². The van der Waals surface area contributed by atoms with Crippen molar-refractivity contribution in [2.45, 2.75) is 27.0 Å². The van der Waals surface area contributed by atoms with Gasteiger partial charge < -0.3 is 14.8 Å². The minimum absolute atomic E-state index is 0.0109. The summed E-state index contributed by atoms with van der Waals surface area (Å²) >= 11 is 2.12. The first-order valence-electron chi connectivity index (χ1n) is 11.5. The second-order valence-corrected chi connectivity index (χ2v) is 9.51. The van der Waals surface area contributed by atoms with Crippen LogP contribution in [0.25, 0.3) is 6.08 Å². The average molecular weight is 613 g/mol. The van der Waals surface area contributed by atoms with Crippen molar-refractivity contribution in [3.8, 4) is 11.5 Å².